The summed E-state index contributed by atoms with van der Waals surface area (Å²) >= 11 is 0. The third-order valence-electron chi connectivity index (χ3n) is 5.81. The van der Waals surface area contributed by atoms with Crippen molar-refractivity contribution in [2.24, 2.45) is 0 Å². The van der Waals surface area contributed by atoms with Crippen LogP contribution in [-0.2, 0) is 14.3 Å². The van der Waals surface area contributed by atoms with Gasteiger partial charge in [0, 0.05) is 18.9 Å². The van der Waals surface area contributed by atoms with Gasteiger partial charge >= 0.3 is 6.03 Å². The number of ether oxygens (including phenoxy) is 3. The van der Waals surface area contributed by atoms with Crippen molar-refractivity contribution >= 4 is 28.7 Å². The lowest BCUT2D eigenvalue weighted by molar-refractivity contribution is -0.153. The van der Waals surface area contributed by atoms with Crippen molar-refractivity contribution in [1.82, 2.24) is 20.4 Å². The Labute approximate surface area is 209 Å². The number of barbiturate groups is 1. The van der Waals surface area contributed by atoms with Gasteiger partial charge in [-0.25, -0.2) is 13.9 Å². The Bertz CT molecular complexity index is 1460. The standard InChI is InChI=1S/C26H21FN4O6/c1-35-13-12-26(23(32)29-25(34)30-24(26)33)37-20-8-6-19(7-9-20)36-21-10-11-22-16(14-21)15-28-31(22)18-4-2-17(27)3-5-18/h2-11,14-15H,12-13H2,1H3,(H2,29,30,32,33,34). The summed E-state index contributed by atoms with van der Waals surface area (Å²) < 4.78 is 31.7. The molecule has 2 N–H and O–H groups in total. The van der Waals surface area contributed by atoms with E-state index in [1.54, 1.807) is 53.3 Å². The molecule has 4 aromatic rings. The minimum atomic E-state index is -1.96. The zero-order chi connectivity index (χ0) is 26.0. The molecule has 188 valence electrons. The van der Waals surface area contributed by atoms with Gasteiger partial charge in [0.15, 0.2) is 0 Å². The number of carbonyl (C=O) groups is 3. The number of urea groups is 1. The minimum Gasteiger partial charge on any atom is -0.467 e. The number of fused-ring (bicyclic) bond motifs is 1. The fraction of sp³-hybridized carbons (Fsp3) is 0.154. The van der Waals surface area contributed by atoms with E-state index in [0.717, 1.165) is 16.6 Å². The zero-order valence-corrected chi connectivity index (χ0v) is 19.6. The van der Waals surface area contributed by atoms with Crippen molar-refractivity contribution in [3.63, 3.8) is 0 Å². The van der Waals surface area contributed by atoms with Crippen molar-refractivity contribution in [3.05, 3.63) is 78.7 Å². The van der Waals surface area contributed by atoms with Gasteiger partial charge < -0.3 is 14.2 Å². The quantitative estimate of drug-likeness (QED) is 0.353. The second-order valence-corrected chi connectivity index (χ2v) is 8.24. The van der Waals surface area contributed by atoms with Crippen LogP contribution in [0.3, 0.4) is 0 Å². The van der Waals surface area contributed by atoms with E-state index in [2.05, 4.69) is 15.7 Å². The molecule has 1 fully saturated rings. The maximum atomic E-state index is 13.3. The lowest BCUT2D eigenvalue weighted by Gasteiger charge is -2.34. The summed E-state index contributed by atoms with van der Waals surface area (Å²) in [5.41, 5.74) is -0.401. The van der Waals surface area contributed by atoms with E-state index >= 15 is 0 Å². The van der Waals surface area contributed by atoms with E-state index in [-0.39, 0.29) is 24.6 Å². The molecule has 4 amide bonds. The van der Waals surface area contributed by atoms with Crippen LogP contribution in [-0.4, -0.2) is 46.9 Å². The lowest BCUT2D eigenvalue weighted by atomic mass is 9.95. The monoisotopic (exact) mass is 504 g/mol. The number of benzene rings is 3. The summed E-state index contributed by atoms with van der Waals surface area (Å²) in [6.07, 6.45) is 1.59. The Morgan fingerprint density at radius 2 is 1.54 bits per heavy atom. The number of methoxy groups -OCH3 is 1. The Balaban J connectivity index is 1.32. The molecule has 1 aliphatic rings. The Morgan fingerprint density at radius 3 is 2.22 bits per heavy atom. The first-order valence-corrected chi connectivity index (χ1v) is 11.2. The predicted octanol–water partition coefficient (Wildman–Crippen LogP) is 3.48. The molecule has 10 nitrogen and oxygen atoms in total. The van der Waals surface area contributed by atoms with Crippen molar-refractivity contribution < 1.29 is 33.0 Å². The molecular formula is C26H21FN4O6. The molecule has 0 radical (unpaired) electrons. The van der Waals surface area contributed by atoms with Crippen molar-refractivity contribution in [2.45, 2.75) is 12.0 Å². The van der Waals surface area contributed by atoms with Gasteiger partial charge in [-0.05, 0) is 66.7 Å². The number of aromatic nitrogens is 2. The molecule has 0 unspecified atom stereocenters. The average Bonchev–Trinajstić information content (AvgIpc) is 3.30. The van der Waals surface area contributed by atoms with Crippen LogP contribution in [0.2, 0.25) is 0 Å². The highest BCUT2D eigenvalue weighted by Gasteiger charge is 2.52. The van der Waals surface area contributed by atoms with Crippen molar-refractivity contribution in [2.75, 3.05) is 13.7 Å². The van der Waals surface area contributed by atoms with Crippen LogP contribution in [0.4, 0.5) is 9.18 Å². The van der Waals surface area contributed by atoms with Gasteiger partial charge in [0.25, 0.3) is 17.4 Å². The molecule has 0 aliphatic carbocycles. The molecule has 37 heavy (non-hydrogen) atoms. The molecule has 0 bridgehead atoms. The van der Waals surface area contributed by atoms with E-state index in [9.17, 15) is 18.8 Å². The highest BCUT2D eigenvalue weighted by atomic mass is 19.1. The molecule has 2 heterocycles. The van der Waals surface area contributed by atoms with E-state index in [1.165, 1.54) is 19.2 Å². The second-order valence-electron chi connectivity index (χ2n) is 8.24. The molecule has 3 aromatic carbocycles. The smallest absolute Gasteiger partial charge is 0.328 e. The van der Waals surface area contributed by atoms with Gasteiger partial charge in [-0.2, -0.15) is 5.10 Å². The van der Waals surface area contributed by atoms with Gasteiger partial charge in [0.2, 0.25) is 0 Å². The summed E-state index contributed by atoms with van der Waals surface area (Å²) in [6.45, 7) is 0.0520. The van der Waals surface area contributed by atoms with Crippen LogP contribution < -0.4 is 20.1 Å². The van der Waals surface area contributed by atoms with Crippen molar-refractivity contribution in [3.8, 4) is 22.9 Å². The summed E-state index contributed by atoms with van der Waals surface area (Å²) in [6, 6.07) is 16.9. The van der Waals surface area contributed by atoms with E-state index in [4.69, 9.17) is 14.2 Å². The van der Waals surface area contributed by atoms with Crippen molar-refractivity contribution in [1.29, 1.82) is 0 Å². The predicted molar refractivity (Wildman–Crippen MR) is 129 cm³/mol. The molecule has 0 spiro atoms. The second kappa shape index (κ2) is 9.70. The van der Waals surface area contributed by atoms with Crippen LogP contribution in [0.5, 0.6) is 17.2 Å². The molecule has 11 heteroatoms. The number of hydrogen-bond acceptors (Lipinski definition) is 7. The summed E-state index contributed by atoms with van der Waals surface area (Å²) in [7, 11) is 1.43. The van der Waals surface area contributed by atoms with Gasteiger partial charge in [-0.1, -0.05) is 0 Å². The van der Waals surface area contributed by atoms with Gasteiger partial charge in [0.1, 0.15) is 23.1 Å². The molecule has 5 rings (SSSR count). The first-order valence-electron chi connectivity index (χ1n) is 11.2. The highest BCUT2D eigenvalue weighted by Crippen LogP contribution is 2.30. The first kappa shape index (κ1) is 23.9. The molecule has 0 atom stereocenters. The first-order chi connectivity index (χ1) is 17.9. The fourth-order valence-corrected chi connectivity index (χ4v) is 3.93. The van der Waals surface area contributed by atoms with Crippen LogP contribution in [0.15, 0.2) is 72.9 Å². The van der Waals surface area contributed by atoms with Crippen LogP contribution in [0.1, 0.15) is 6.42 Å². The number of hydrogen-bond donors (Lipinski definition) is 2. The van der Waals surface area contributed by atoms with Gasteiger partial charge in [-0.3, -0.25) is 20.2 Å². The molecule has 1 aromatic heterocycles. The fourth-order valence-electron chi connectivity index (χ4n) is 3.93. The number of halogens is 1. The number of nitrogens with zero attached hydrogens (tertiary/aromatic N) is 2. The number of nitrogens with one attached hydrogen (secondary N) is 2. The number of rotatable bonds is 8. The lowest BCUT2D eigenvalue weighted by Crippen LogP contribution is -2.69. The molecule has 1 aliphatic heterocycles. The van der Waals surface area contributed by atoms with Crippen LogP contribution >= 0.6 is 0 Å². The van der Waals surface area contributed by atoms with E-state index < -0.39 is 23.4 Å². The molecule has 1 saturated heterocycles. The normalized spacial score (nSPS) is 14.8. The third-order valence-corrected chi connectivity index (χ3v) is 5.81. The topological polar surface area (TPSA) is 121 Å². The third kappa shape index (κ3) is 4.71. The summed E-state index contributed by atoms with van der Waals surface area (Å²) in [5, 5.41) is 9.34. The summed E-state index contributed by atoms with van der Waals surface area (Å²) in [4.78, 5) is 36.6. The average molecular weight is 504 g/mol. The largest absolute Gasteiger partial charge is 0.467 e. The van der Waals surface area contributed by atoms with Gasteiger partial charge in [-0.15, -0.1) is 0 Å². The maximum absolute atomic E-state index is 13.3. The SMILES string of the molecule is COCCC1(Oc2ccc(Oc3ccc4c(cnn4-c4ccc(F)cc4)c3)cc2)C(=O)NC(=O)NC1=O. The highest BCUT2D eigenvalue weighted by molar-refractivity contribution is 6.21. The zero-order valence-electron chi connectivity index (χ0n) is 19.6. The minimum absolute atomic E-state index is 0.0520. The number of carbonyl (C=O) groups excluding carboxylic acids is 3. The number of imide groups is 2. The van der Waals surface area contributed by atoms with Gasteiger partial charge in [0.05, 0.1) is 24.0 Å². The van der Waals surface area contributed by atoms with E-state index in [1.807, 2.05) is 12.1 Å². The summed E-state index contributed by atoms with van der Waals surface area (Å²) in [5.74, 6) is -0.796. The molecule has 0 saturated carbocycles. The van der Waals surface area contributed by atoms with Crippen LogP contribution in [0, 0.1) is 5.82 Å². The Kier molecular flexibility index (Phi) is 6.28. The molecular weight excluding hydrogens is 483 g/mol. The van der Waals surface area contributed by atoms with Crippen LogP contribution in [0.25, 0.3) is 16.6 Å². The Hall–Kier alpha value is -4.77. The number of amides is 4. The Morgan fingerprint density at radius 1 is 0.892 bits per heavy atom. The maximum Gasteiger partial charge on any atom is 0.328 e. The van der Waals surface area contributed by atoms with E-state index in [0.29, 0.717) is 11.5 Å².